The number of nitrogens with zero attached hydrogens (tertiary/aromatic N) is 1. The van der Waals surface area contributed by atoms with Gasteiger partial charge < -0.3 is 15.2 Å². The molecule has 0 saturated carbocycles. The van der Waals surface area contributed by atoms with Crippen LogP contribution in [0, 0.1) is 11.2 Å². The highest BCUT2D eigenvalue weighted by atomic mass is 16.5. The molecule has 0 aromatic heterocycles. The standard InChI is InChI=1S/C21H26BN3O5/c1-2-3-18(19(27)25-13-26)24-10-15-14(20(28)29)4-5-17-16(15)11-30-21(17)6-8-22(12-23)9-7-21/h4-5,13,18,24H,2-3,6-11H2,1H3,(H,28,29)(H,25,26,27). The molecule has 158 valence electrons. The molecular formula is C21H26BN3O5. The van der Waals surface area contributed by atoms with Crippen LogP contribution in [0.3, 0.4) is 0 Å². The molecule has 3 N–H and O–H groups in total. The summed E-state index contributed by atoms with van der Waals surface area (Å²) in [6, 6.07) is 2.84. The Labute approximate surface area is 176 Å². The summed E-state index contributed by atoms with van der Waals surface area (Å²) in [5, 5.41) is 24.2. The van der Waals surface area contributed by atoms with Crippen molar-refractivity contribution in [2.24, 2.45) is 0 Å². The summed E-state index contributed by atoms with van der Waals surface area (Å²) in [7, 11) is 0. The zero-order chi connectivity index (χ0) is 21.7. The number of carbonyl (C=O) groups is 3. The lowest BCUT2D eigenvalue weighted by atomic mass is 9.41. The van der Waals surface area contributed by atoms with Crippen molar-refractivity contribution in [3.8, 4) is 5.97 Å². The van der Waals surface area contributed by atoms with E-state index in [1.165, 1.54) is 0 Å². The molecule has 0 aliphatic carbocycles. The first-order valence-corrected chi connectivity index (χ1v) is 10.3. The van der Waals surface area contributed by atoms with Crippen LogP contribution < -0.4 is 10.6 Å². The highest BCUT2D eigenvalue weighted by Gasteiger charge is 2.45. The molecular weight excluding hydrogens is 385 g/mol. The van der Waals surface area contributed by atoms with E-state index in [1.807, 2.05) is 13.0 Å². The van der Waals surface area contributed by atoms with Crippen molar-refractivity contribution in [2.45, 2.75) is 70.0 Å². The highest BCUT2D eigenvalue weighted by molar-refractivity contribution is 6.67. The van der Waals surface area contributed by atoms with Crippen molar-refractivity contribution < 1.29 is 24.2 Å². The molecule has 9 heteroatoms. The quantitative estimate of drug-likeness (QED) is 0.441. The SMILES string of the molecule is CCCC(NCc1c(C(=O)O)ccc2c1COC21CCB(C#N)CC1)C(=O)NC=O. The zero-order valence-electron chi connectivity index (χ0n) is 17.1. The molecule has 30 heavy (non-hydrogen) atoms. The molecule has 2 amide bonds. The second kappa shape index (κ2) is 9.41. The van der Waals surface area contributed by atoms with Crippen molar-refractivity contribution >= 4 is 25.0 Å². The number of imide groups is 1. The smallest absolute Gasteiger partial charge is 0.336 e. The van der Waals surface area contributed by atoms with E-state index in [0.29, 0.717) is 25.0 Å². The van der Waals surface area contributed by atoms with Gasteiger partial charge in [-0.3, -0.25) is 14.9 Å². The summed E-state index contributed by atoms with van der Waals surface area (Å²) >= 11 is 0. The van der Waals surface area contributed by atoms with E-state index in [9.17, 15) is 24.8 Å². The minimum absolute atomic E-state index is 0.0360. The number of ether oxygens (including phenoxy) is 1. The summed E-state index contributed by atoms with van der Waals surface area (Å²) in [6.07, 6.45) is 4.59. The third-order valence-electron chi connectivity index (χ3n) is 6.24. The van der Waals surface area contributed by atoms with E-state index in [0.717, 1.165) is 43.0 Å². The van der Waals surface area contributed by atoms with Crippen LogP contribution in [0.2, 0.25) is 12.6 Å². The molecule has 2 aliphatic heterocycles. The molecule has 3 rings (SSSR count). The number of nitrogens with one attached hydrogen (secondary N) is 2. The molecule has 1 spiro atoms. The second-order valence-corrected chi connectivity index (χ2v) is 7.96. The molecule has 1 aromatic rings. The third kappa shape index (κ3) is 4.25. The van der Waals surface area contributed by atoms with Gasteiger partial charge in [0.1, 0.15) is 0 Å². The van der Waals surface area contributed by atoms with E-state index < -0.39 is 23.5 Å². The normalized spacial score (nSPS) is 17.8. The van der Waals surface area contributed by atoms with Gasteiger partial charge in [-0.05, 0) is 42.0 Å². The van der Waals surface area contributed by atoms with Gasteiger partial charge in [0.05, 0.1) is 23.8 Å². The first kappa shape index (κ1) is 22.0. The van der Waals surface area contributed by atoms with E-state index in [1.54, 1.807) is 6.07 Å². The Kier molecular flexibility index (Phi) is 6.90. The number of benzene rings is 1. The Morgan fingerprint density at radius 2 is 2.13 bits per heavy atom. The Hall–Kier alpha value is -2.70. The van der Waals surface area contributed by atoms with Gasteiger partial charge in [0, 0.05) is 12.5 Å². The van der Waals surface area contributed by atoms with Crippen molar-refractivity contribution in [1.82, 2.24) is 10.6 Å². The van der Waals surface area contributed by atoms with Crippen LogP contribution >= 0.6 is 0 Å². The zero-order valence-corrected chi connectivity index (χ0v) is 17.1. The van der Waals surface area contributed by atoms with Crippen LogP contribution in [0.25, 0.3) is 0 Å². The Morgan fingerprint density at radius 1 is 1.40 bits per heavy atom. The van der Waals surface area contributed by atoms with Gasteiger partial charge in [0.15, 0.2) is 0 Å². The summed E-state index contributed by atoms with van der Waals surface area (Å²) in [6.45, 7) is 2.46. The summed E-state index contributed by atoms with van der Waals surface area (Å²) in [5.41, 5.74) is 2.17. The molecule has 1 atom stereocenters. The number of carbonyl (C=O) groups excluding carboxylic acids is 2. The molecule has 1 aromatic carbocycles. The summed E-state index contributed by atoms with van der Waals surface area (Å²) < 4.78 is 6.20. The van der Waals surface area contributed by atoms with Crippen molar-refractivity contribution in [2.75, 3.05) is 0 Å². The topological polar surface area (TPSA) is 129 Å². The predicted octanol–water partition coefficient (Wildman–Crippen LogP) is 1.99. The van der Waals surface area contributed by atoms with Crippen molar-refractivity contribution in [3.63, 3.8) is 0 Å². The Balaban J connectivity index is 1.89. The largest absolute Gasteiger partial charge is 0.478 e. The van der Waals surface area contributed by atoms with Crippen LogP contribution in [-0.4, -0.2) is 36.1 Å². The maximum Gasteiger partial charge on any atom is 0.336 e. The molecule has 1 fully saturated rings. The molecule has 8 nitrogen and oxygen atoms in total. The second-order valence-electron chi connectivity index (χ2n) is 7.96. The van der Waals surface area contributed by atoms with Crippen LogP contribution in [-0.2, 0) is 33.1 Å². The number of fused-ring (bicyclic) bond motifs is 2. The Bertz CT molecular complexity index is 874. The molecule has 2 heterocycles. The number of amides is 2. The van der Waals surface area contributed by atoms with E-state index in [-0.39, 0.29) is 18.8 Å². The van der Waals surface area contributed by atoms with Gasteiger partial charge in [0.2, 0.25) is 12.3 Å². The van der Waals surface area contributed by atoms with E-state index in [2.05, 4.69) is 16.6 Å². The van der Waals surface area contributed by atoms with Crippen LogP contribution in [0.4, 0.5) is 0 Å². The maximum absolute atomic E-state index is 12.1. The van der Waals surface area contributed by atoms with Crippen molar-refractivity contribution in [1.29, 1.82) is 5.26 Å². The lowest BCUT2D eigenvalue weighted by Gasteiger charge is -2.34. The number of carboxylic acid groups (broad SMARTS) is 1. The molecule has 1 saturated heterocycles. The summed E-state index contributed by atoms with van der Waals surface area (Å²) in [4.78, 5) is 34.6. The highest BCUT2D eigenvalue weighted by Crippen LogP contribution is 2.48. The molecule has 0 radical (unpaired) electrons. The summed E-state index contributed by atoms with van der Waals surface area (Å²) in [5.74, 6) is 0.864. The number of nitriles is 1. The fraction of sp³-hybridized carbons (Fsp3) is 0.524. The lowest BCUT2D eigenvalue weighted by molar-refractivity contribution is -0.127. The molecule has 1 unspecified atom stereocenters. The van der Waals surface area contributed by atoms with Gasteiger partial charge >= 0.3 is 5.97 Å². The number of hydrogen-bond acceptors (Lipinski definition) is 6. The fourth-order valence-electron chi connectivity index (χ4n) is 4.60. The van der Waals surface area contributed by atoms with E-state index in [4.69, 9.17) is 4.74 Å². The average molecular weight is 411 g/mol. The minimum Gasteiger partial charge on any atom is -0.478 e. The fourth-order valence-corrected chi connectivity index (χ4v) is 4.60. The van der Waals surface area contributed by atoms with Crippen LogP contribution in [0.1, 0.15) is 59.7 Å². The van der Waals surface area contributed by atoms with Crippen molar-refractivity contribution in [3.05, 3.63) is 34.4 Å². The maximum atomic E-state index is 12.1. The van der Waals surface area contributed by atoms with Crippen LogP contribution in [0.15, 0.2) is 12.1 Å². The van der Waals surface area contributed by atoms with Gasteiger partial charge in [0.25, 0.3) is 6.71 Å². The third-order valence-corrected chi connectivity index (χ3v) is 6.24. The first-order chi connectivity index (χ1) is 14.5. The molecule has 0 bridgehead atoms. The number of rotatable bonds is 8. The van der Waals surface area contributed by atoms with E-state index >= 15 is 0 Å². The average Bonchev–Trinajstić information content (AvgIpc) is 3.10. The number of aromatic carboxylic acids is 1. The number of hydrogen-bond donors (Lipinski definition) is 3. The number of carboxylic acids is 1. The minimum atomic E-state index is -1.03. The van der Waals surface area contributed by atoms with Gasteiger partial charge in [-0.25, -0.2) is 10.1 Å². The van der Waals surface area contributed by atoms with Crippen LogP contribution in [0.5, 0.6) is 0 Å². The lowest BCUT2D eigenvalue weighted by Crippen LogP contribution is -2.43. The monoisotopic (exact) mass is 411 g/mol. The van der Waals surface area contributed by atoms with Gasteiger partial charge in [-0.1, -0.05) is 32.1 Å². The predicted molar refractivity (Wildman–Crippen MR) is 110 cm³/mol. The van der Waals surface area contributed by atoms with Gasteiger partial charge in [-0.15, -0.1) is 0 Å². The Morgan fingerprint density at radius 3 is 2.73 bits per heavy atom. The molecule has 2 aliphatic rings. The van der Waals surface area contributed by atoms with Gasteiger partial charge in [-0.2, -0.15) is 0 Å². The first-order valence-electron chi connectivity index (χ1n) is 10.3.